The first-order valence-corrected chi connectivity index (χ1v) is 13.5. The number of halogens is 3. The summed E-state index contributed by atoms with van der Waals surface area (Å²) in [5.74, 6) is 0.621. The molecular formula is C29H18ClI2NO3. The Hall–Kier alpha value is -2.69. The molecule has 0 atom stereocenters. The van der Waals surface area contributed by atoms with Crippen molar-refractivity contribution in [3.05, 3.63) is 126 Å². The van der Waals surface area contributed by atoms with Gasteiger partial charge in [-0.15, -0.1) is 0 Å². The number of carbonyl (C=O) groups is 1. The quantitative estimate of drug-likeness (QED) is 0.115. The maximum absolute atomic E-state index is 12.5. The number of carbonyl (C=O) groups excluding carboxylic acids is 1. The Kier molecular flexibility index (Phi) is 7.73. The highest BCUT2D eigenvalue weighted by Gasteiger charge is 2.24. The lowest BCUT2D eigenvalue weighted by Crippen LogP contribution is -2.05. The lowest BCUT2D eigenvalue weighted by molar-refractivity contribution is -0.129. The normalized spacial score (nSPS) is 14.0. The van der Waals surface area contributed by atoms with Crippen LogP contribution in [0.25, 0.3) is 17.2 Å². The van der Waals surface area contributed by atoms with Crippen LogP contribution in [0.15, 0.2) is 102 Å². The third kappa shape index (κ3) is 5.82. The number of nitrogens with zero attached hydrogens (tertiary/aromatic N) is 1. The second kappa shape index (κ2) is 11.1. The minimum Gasteiger partial charge on any atom is -0.487 e. The van der Waals surface area contributed by atoms with Crippen molar-refractivity contribution < 1.29 is 14.3 Å². The van der Waals surface area contributed by atoms with Gasteiger partial charge < -0.3 is 9.47 Å². The zero-order chi connectivity index (χ0) is 25.1. The van der Waals surface area contributed by atoms with Gasteiger partial charge in [0.15, 0.2) is 5.70 Å². The van der Waals surface area contributed by atoms with Crippen LogP contribution in [-0.4, -0.2) is 11.9 Å². The highest BCUT2D eigenvalue weighted by molar-refractivity contribution is 14.1. The van der Waals surface area contributed by atoms with Crippen LogP contribution in [0.1, 0.15) is 16.7 Å². The van der Waals surface area contributed by atoms with Gasteiger partial charge in [-0.3, -0.25) is 0 Å². The minimum atomic E-state index is -0.469. The summed E-state index contributed by atoms with van der Waals surface area (Å²) in [7, 11) is 0. The molecule has 0 spiro atoms. The molecule has 0 bridgehead atoms. The molecule has 4 aromatic rings. The molecule has 0 aromatic heterocycles. The molecule has 1 aliphatic heterocycles. The fraction of sp³-hybridized carbons (Fsp3) is 0.0345. The van der Waals surface area contributed by atoms with Crippen molar-refractivity contribution in [2.75, 3.05) is 0 Å². The standard InChI is InChI=1S/C29H18ClI2NO3/c30-23-8-4-5-18(13-23)17-35-27-24(31)14-19(15-25(27)32)16-26-29(34)36-28(33-26)22-11-9-21(10-12-22)20-6-2-1-3-7-20/h1-16H,17H2/b26-16-. The zero-order valence-electron chi connectivity index (χ0n) is 18.8. The molecule has 4 aromatic carbocycles. The summed E-state index contributed by atoms with van der Waals surface area (Å²) in [6.07, 6.45) is 1.73. The van der Waals surface area contributed by atoms with E-state index >= 15 is 0 Å². The van der Waals surface area contributed by atoms with Gasteiger partial charge in [0.25, 0.3) is 0 Å². The highest BCUT2D eigenvalue weighted by Crippen LogP contribution is 2.31. The predicted molar refractivity (Wildman–Crippen MR) is 160 cm³/mol. The summed E-state index contributed by atoms with van der Waals surface area (Å²) in [4.78, 5) is 17.0. The van der Waals surface area contributed by atoms with E-state index in [2.05, 4.69) is 62.3 Å². The number of rotatable bonds is 6. The number of esters is 1. The van der Waals surface area contributed by atoms with Gasteiger partial charge in [-0.1, -0.05) is 66.2 Å². The summed E-state index contributed by atoms with van der Waals surface area (Å²) >= 11 is 10.5. The molecule has 0 saturated heterocycles. The Morgan fingerprint density at radius 2 is 1.50 bits per heavy atom. The van der Waals surface area contributed by atoms with Crippen LogP contribution in [0.4, 0.5) is 0 Å². The molecule has 0 unspecified atom stereocenters. The SMILES string of the molecule is O=C1OC(c2ccc(-c3ccccc3)cc2)=N/C1=C\c1cc(I)c(OCc2cccc(Cl)c2)c(I)c1. The lowest BCUT2D eigenvalue weighted by Gasteiger charge is -2.12. The van der Waals surface area contributed by atoms with Crippen LogP contribution in [0.3, 0.4) is 0 Å². The molecule has 0 saturated carbocycles. The Morgan fingerprint density at radius 1 is 0.833 bits per heavy atom. The number of aliphatic imine (C=N–C) groups is 1. The molecule has 7 heteroatoms. The van der Waals surface area contributed by atoms with E-state index in [4.69, 9.17) is 21.1 Å². The van der Waals surface area contributed by atoms with Crippen LogP contribution >= 0.6 is 56.8 Å². The van der Waals surface area contributed by atoms with Gasteiger partial charge in [0, 0.05) is 10.6 Å². The lowest BCUT2D eigenvalue weighted by atomic mass is 10.0. The smallest absolute Gasteiger partial charge is 0.363 e. The van der Waals surface area contributed by atoms with Gasteiger partial charge in [0.05, 0.1) is 7.14 Å². The van der Waals surface area contributed by atoms with Crippen molar-refractivity contribution in [3.8, 4) is 16.9 Å². The number of ether oxygens (including phenoxy) is 2. The summed E-state index contributed by atoms with van der Waals surface area (Å²) < 4.78 is 13.4. The number of hydrogen-bond donors (Lipinski definition) is 0. The zero-order valence-corrected chi connectivity index (χ0v) is 23.8. The van der Waals surface area contributed by atoms with Gasteiger partial charge in [0.2, 0.25) is 5.90 Å². The van der Waals surface area contributed by atoms with Gasteiger partial charge in [-0.25, -0.2) is 9.79 Å². The van der Waals surface area contributed by atoms with Crippen LogP contribution < -0.4 is 4.74 Å². The molecule has 4 nitrogen and oxygen atoms in total. The molecule has 1 heterocycles. The average Bonchev–Trinajstić information content (AvgIpc) is 3.24. The second-order valence-corrected chi connectivity index (χ2v) is 10.8. The van der Waals surface area contributed by atoms with E-state index in [0.29, 0.717) is 17.5 Å². The van der Waals surface area contributed by atoms with E-state index in [0.717, 1.165) is 40.7 Å². The van der Waals surface area contributed by atoms with Crippen LogP contribution in [0.2, 0.25) is 5.02 Å². The van der Waals surface area contributed by atoms with E-state index in [1.54, 1.807) is 6.08 Å². The second-order valence-electron chi connectivity index (χ2n) is 8.01. The van der Waals surface area contributed by atoms with Crippen molar-refractivity contribution in [2.45, 2.75) is 6.61 Å². The van der Waals surface area contributed by atoms with E-state index in [9.17, 15) is 4.79 Å². The molecule has 36 heavy (non-hydrogen) atoms. The van der Waals surface area contributed by atoms with Gasteiger partial charge in [0.1, 0.15) is 12.4 Å². The topological polar surface area (TPSA) is 47.9 Å². The predicted octanol–water partition coefficient (Wildman–Crippen LogP) is 8.14. The number of benzene rings is 4. The van der Waals surface area contributed by atoms with Crippen molar-refractivity contribution >= 4 is 74.7 Å². The largest absolute Gasteiger partial charge is 0.487 e. The van der Waals surface area contributed by atoms with Gasteiger partial charge in [-0.2, -0.15) is 0 Å². The molecule has 5 rings (SSSR count). The maximum Gasteiger partial charge on any atom is 0.363 e. The Morgan fingerprint density at radius 3 is 2.19 bits per heavy atom. The number of hydrogen-bond acceptors (Lipinski definition) is 4. The van der Waals surface area contributed by atoms with Crippen molar-refractivity contribution in [3.63, 3.8) is 0 Å². The van der Waals surface area contributed by atoms with Crippen LogP contribution in [0, 0.1) is 7.14 Å². The summed E-state index contributed by atoms with van der Waals surface area (Å²) in [5.41, 5.74) is 5.06. The molecule has 0 N–H and O–H groups in total. The average molecular weight is 718 g/mol. The monoisotopic (exact) mass is 717 g/mol. The minimum absolute atomic E-state index is 0.260. The fourth-order valence-corrected chi connectivity index (χ4v) is 6.05. The molecular weight excluding hydrogens is 700 g/mol. The Labute approximate surface area is 241 Å². The van der Waals surface area contributed by atoms with E-state index in [1.807, 2.05) is 78.9 Å². The van der Waals surface area contributed by atoms with Gasteiger partial charge in [-0.05, 0) is 110 Å². The van der Waals surface area contributed by atoms with Crippen molar-refractivity contribution in [1.82, 2.24) is 0 Å². The third-order valence-electron chi connectivity index (χ3n) is 5.46. The number of cyclic esters (lactones) is 1. The first-order chi connectivity index (χ1) is 17.5. The van der Waals surface area contributed by atoms with E-state index in [-0.39, 0.29) is 5.70 Å². The highest BCUT2D eigenvalue weighted by atomic mass is 127. The van der Waals surface area contributed by atoms with E-state index < -0.39 is 5.97 Å². The molecule has 178 valence electrons. The Balaban J connectivity index is 1.34. The van der Waals surface area contributed by atoms with Crippen molar-refractivity contribution in [1.29, 1.82) is 0 Å². The first-order valence-electron chi connectivity index (χ1n) is 11.0. The summed E-state index contributed by atoms with van der Waals surface area (Å²) in [6.45, 7) is 0.413. The van der Waals surface area contributed by atoms with Crippen molar-refractivity contribution in [2.24, 2.45) is 4.99 Å². The third-order valence-corrected chi connectivity index (χ3v) is 7.29. The molecule has 1 aliphatic rings. The van der Waals surface area contributed by atoms with Crippen LogP contribution in [0.5, 0.6) is 5.75 Å². The molecule has 0 fully saturated rings. The van der Waals surface area contributed by atoms with Crippen LogP contribution in [-0.2, 0) is 16.1 Å². The molecule has 0 radical (unpaired) electrons. The summed E-state index contributed by atoms with van der Waals surface area (Å²) in [6, 6.07) is 29.4. The maximum atomic E-state index is 12.5. The van der Waals surface area contributed by atoms with Gasteiger partial charge >= 0.3 is 5.97 Å². The van der Waals surface area contributed by atoms with E-state index in [1.165, 1.54) is 0 Å². The fourth-order valence-electron chi connectivity index (χ4n) is 3.71. The Bertz CT molecular complexity index is 1480. The molecule has 0 aliphatic carbocycles. The molecule has 0 amide bonds. The first kappa shape index (κ1) is 25.0. The summed E-state index contributed by atoms with van der Waals surface area (Å²) in [5, 5.41) is 0.679.